The van der Waals surface area contributed by atoms with Gasteiger partial charge in [-0.25, -0.2) is 13.1 Å². The summed E-state index contributed by atoms with van der Waals surface area (Å²) in [5.74, 6) is 0.464. The van der Waals surface area contributed by atoms with Gasteiger partial charge in [-0.15, -0.1) is 0 Å². The van der Waals surface area contributed by atoms with Gasteiger partial charge in [0.2, 0.25) is 10.0 Å². The number of anilines is 1. The molecule has 0 aromatic heterocycles. The minimum Gasteiger partial charge on any atom is -0.398 e. The summed E-state index contributed by atoms with van der Waals surface area (Å²) >= 11 is 0. The van der Waals surface area contributed by atoms with E-state index in [0.717, 1.165) is 5.56 Å². The van der Waals surface area contributed by atoms with Crippen LogP contribution in [0.3, 0.4) is 0 Å². The fraction of sp³-hybridized carbons (Fsp3) is 0.538. The monoisotopic (exact) mass is 318 g/mol. The fourth-order valence-corrected chi connectivity index (χ4v) is 4.29. The van der Waals surface area contributed by atoms with Crippen LogP contribution in [0.4, 0.5) is 5.69 Å². The van der Waals surface area contributed by atoms with Crippen molar-refractivity contribution in [1.82, 2.24) is 4.72 Å². The highest BCUT2D eigenvalue weighted by molar-refractivity contribution is 7.89. The predicted molar refractivity (Wildman–Crippen MR) is 83.7 cm³/mol. The maximum atomic E-state index is 12.4. The summed E-state index contributed by atoms with van der Waals surface area (Å²) in [4.78, 5) is 0.141. The summed E-state index contributed by atoms with van der Waals surface area (Å²) in [5, 5.41) is 0. The van der Waals surface area contributed by atoms with Crippen LogP contribution >= 0.6 is 0 Å². The first-order valence-electron chi connectivity index (χ1n) is 6.33. The highest BCUT2D eigenvalue weighted by Crippen LogP contribution is 2.25. The molecule has 0 saturated heterocycles. The number of hydrogen-bond acceptors (Lipinski definition) is 4. The highest BCUT2D eigenvalue weighted by atomic mass is 32.2. The molecule has 0 heterocycles. The Morgan fingerprint density at radius 2 is 1.95 bits per heavy atom. The molecule has 0 bridgehead atoms. The average Bonchev–Trinajstić information content (AvgIpc) is 2.31. The van der Waals surface area contributed by atoms with Crippen LogP contribution in [-0.4, -0.2) is 30.7 Å². The number of nitrogen functional groups attached to an aromatic ring is 1. The third kappa shape index (κ3) is 4.29. The van der Waals surface area contributed by atoms with E-state index >= 15 is 0 Å². The van der Waals surface area contributed by atoms with Gasteiger partial charge >= 0.3 is 0 Å². The van der Waals surface area contributed by atoms with Gasteiger partial charge in [0, 0.05) is 28.9 Å². The second kappa shape index (κ2) is 6.69. The van der Waals surface area contributed by atoms with Crippen LogP contribution in [-0.2, 0) is 20.8 Å². The van der Waals surface area contributed by atoms with Gasteiger partial charge in [-0.3, -0.25) is 4.21 Å². The SMILES string of the molecule is Cc1ccc(N)c(S(=O)(=O)NC(C)CCS(C)=O)c1C. The van der Waals surface area contributed by atoms with E-state index in [9.17, 15) is 12.6 Å². The molecule has 0 aliphatic carbocycles. The van der Waals surface area contributed by atoms with Crippen LogP contribution in [0.1, 0.15) is 24.5 Å². The molecular formula is C13H22N2O3S2. The van der Waals surface area contributed by atoms with E-state index in [0.29, 0.717) is 17.7 Å². The second-order valence-electron chi connectivity index (χ2n) is 5.01. The van der Waals surface area contributed by atoms with Crippen molar-refractivity contribution < 1.29 is 12.6 Å². The van der Waals surface area contributed by atoms with E-state index in [2.05, 4.69) is 4.72 Å². The smallest absolute Gasteiger partial charge is 0.243 e. The van der Waals surface area contributed by atoms with Crippen molar-refractivity contribution in [2.45, 2.75) is 38.1 Å². The number of aryl methyl sites for hydroxylation is 1. The number of benzene rings is 1. The van der Waals surface area contributed by atoms with Crippen molar-refractivity contribution in [2.75, 3.05) is 17.7 Å². The van der Waals surface area contributed by atoms with Crippen molar-refractivity contribution in [3.8, 4) is 0 Å². The Balaban J connectivity index is 3.00. The van der Waals surface area contributed by atoms with E-state index in [1.807, 2.05) is 6.92 Å². The minimum absolute atomic E-state index is 0.141. The van der Waals surface area contributed by atoms with Crippen LogP contribution in [0.15, 0.2) is 17.0 Å². The largest absolute Gasteiger partial charge is 0.398 e. The number of hydrogen-bond donors (Lipinski definition) is 2. The molecule has 0 spiro atoms. The molecule has 2 atom stereocenters. The van der Waals surface area contributed by atoms with E-state index in [-0.39, 0.29) is 16.6 Å². The average molecular weight is 318 g/mol. The lowest BCUT2D eigenvalue weighted by Gasteiger charge is -2.17. The first-order chi connectivity index (χ1) is 9.15. The van der Waals surface area contributed by atoms with Gasteiger partial charge in [-0.05, 0) is 44.4 Å². The summed E-state index contributed by atoms with van der Waals surface area (Å²) in [5.41, 5.74) is 7.58. The molecular weight excluding hydrogens is 296 g/mol. The Morgan fingerprint density at radius 3 is 2.50 bits per heavy atom. The molecule has 1 aromatic carbocycles. The van der Waals surface area contributed by atoms with Gasteiger partial charge in [-0.1, -0.05) is 6.07 Å². The second-order valence-corrected chi connectivity index (χ2v) is 8.22. The topological polar surface area (TPSA) is 89.3 Å². The number of rotatable bonds is 6. The summed E-state index contributed by atoms with van der Waals surface area (Å²) in [7, 11) is -4.60. The zero-order chi connectivity index (χ0) is 15.5. The Kier molecular flexibility index (Phi) is 5.73. The first kappa shape index (κ1) is 17.1. The van der Waals surface area contributed by atoms with Crippen molar-refractivity contribution in [1.29, 1.82) is 0 Å². The van der Waals surface area contributed by atoms with Crippen molar-refractivity contribution in [3.63, 3.8) is 0 Å². The molecule has 0 radical (unpaired) electrons. The predicted octanol–water partition coefficient (Wildman–Crippen LogP) is 1.32. The molecule has 20 heavy (non-hydrogen) atoms. The standard InChI is InChI=1S/C13H22N2O3S2/c1-9-5-6-12(14)13(11(9)3)20(17,18)15-10(2)7-8-19(4)16/h5-6,10,15H,7-8,14H2,1-4H3. The lowest BCUT2D eigenvalue weighted by atomic mass is 10.1. The molecule has 114 valence electrons. The summed E-state index contributed by atoms with van der Waals surface area (Å²) in [6, 6.07) is 3.11. The number of nitrogens with two attached hydrogens (primary N) is 1. The molecule has 7 heteroatoms. The van der Waals surface area contributed by atoms with Crippen LogP contribution in [0.5, 0.6) is 0 Å². The molecule has 2 unspecified atom stereocenters. The zero-order valence-corrected chi connectivity index (χ0v) is 13.9. The van der Waals surface area contributed by atoms with Gasteiger partial charge in [0.05, 0.1) is 5.69 Å². The third-order valence-electron chi connectivity index (χ3n) is 3.17. The molecule has 3 N–H and O–H groups in total. The van der Waals surface area contributed by atoms with Gasteiger partial charge in [0.25, 0.3) is 0 Å². The van der Waals surface area contributed by atoms with E-state index in [4.69, 9.17) is 5.73 Å². The number of nitrogens with one attached hydrogen (secondary N) is 1. The lowest BCUT2D eigenvalue weighted by Crippen LogP contribution is -2.34. The van der Waals surface area contributed by atoms with Gasteiger partial charge in [-0.2, -0.15) is 0 Å². The normalized spacial score (nSPS) is 15.0. The van der Waals surface area contributed by atoms with Crippen LogP contribution in [0.2, 0.25) is 0 Å². The van der Waals surface area contributed by atoms with Gasteiger partial charge < -0.3 is 5.73 Å². The number of sulfonamides is 1. The molecule has 1 rings (SSSR count). The maximum absolute atomic E-state index is 12.4. The van der Waals surface area contributed by atoms with Crippen molar-refractivity contribution in [3.05, 3.63) is 23.3 Å². The van der Waals surface area contributed by atoms with Gasteiger partial charge in [0.15, 0.2) is 0 Å². The molecule has 1 aromatic rings. The summed E-state index contributed by atoms with van der Waals surface area (Å²) < 4.78 is 38.5. The molecule has 0 aliphatic rings. The lowest BCUT2D eigenvalue weighted by molar-refractivity contribution is 0.555. The molecule has 5 nitrogen and oxygen atoms in total. The molecule has 0 aliphatic heterocycles. The Morgan fingerprint density at radius 1 is 1.35 bits per heavy atom. The third-order valence-corrected chi connectivity index (χ3v) is 5.77. The minimum atomic E-state index is -3.67. The van der Waals surface area contributed by atoms with Crippen LogP contribution in [0, 0.1) is 13.8 Å². The van der Waals surface area contributed by atoms with E-state index < -0.39 is 20.8 Å². The summed E-state index contributed by atoms with van der Waals surface area (Å²) in [6.45, 7) is 5.34. The van der Waals surface area contributed by atoms with Crippen molar-refractivity contribution >= 4 is 26.5 Å². The first-order valence-corrected chi connectivity index (χ1v) is 9.54. The Hall–Kier alpha value is -0.920. The molecule has 0 amide bonds. The zero-order valence-electron chi connectivity index (χ0n) is 12.3. The Labute approximate surface area is 123 Å². The van der Waals surface area contributed by atoms with Crippen LogP contribution in [0.25, 0.3) is 0 Å². The molecule has 0 fully saturated rings. The molecule has 0 saturated carbocycles. The van der Waals surface area contributed by atoms with Crippen LogP contribution < -0.4 is 10.5 Å². The highest BCUT2D eigenvalue weighted by Gasteiger charge is 2.23. The van der Waals surface area contributed by atoms with E-state index in [1.54, 1.807) is 32.2 Å². The Bertz CT molecular complexity index is 612. The van der Waals surface area contributed by atoms with E-state index in [1.165, 1.54) is 0 Å². The van der Waals surface area contributed by atoms with Gasteiger partial charge in [0.1, 0.15) is 4.90 Å². The van der Waals surface area contributed by atoms with Crippen molar-refractivity contribution in [2.24, 2.45) is 0 Å². The fourth-order valence-electron chi connectivity index (χ4n) is 1.89. The maximum Gasteiger partial charge on any atom is 0.243 e. The quantitative estimate of drug-likeness (QED) is 0.774. The summed E-state index contributed by atoms with van der Waals surface area (Å²) in [6.07, 6.45) is 2.12.